The van der Waals surface area contributed by atoms with Gasteiger partial charge in [-0.2, -0.15) is 4.57 Å². The summed E-state index contributed by atoms with van der Waals surface area (Å²) in [4.78, 5) is 33.7. The first-order valence-electron chi connectivity index (χ1n) is 17.2. The molecule has 0 atom stereocenters. The molecule has 0 amide bonds. The third-order valence-corrected chi connectivity index (χ3v) is 9.62. The normalized spacial score (nSPS) is 11.4. The maximum atomic E-state index is 15.4. The van der Waals surface area contributed by atoms with E-state index in [9.17, 15) is 72.4 Å². The molecule has 0 aliphatic carbocycles. The molecule has 0 aliphatic rings. The lowest BCUT2D eigenvalue weighted by atomic mass is 9.12. The quantitative estimate of drug-likeness (QED) is 0.0214. The fraction of sp³-hybridized carbons (Fsp3) is 0.0513. The summed E-state index contributed by atoms with van der Waals surface area (Å²) in [6.45, 7) is -0.826. The molecule has 66 heavy (non-hydrogen) atoms. The van der Waals surface area contributed by atoms with Crippen LogP contribution < -0.4 is 26.4 Å². The second-order valence-corrected chi connectivity index (χ2v) is 13.2. The molecular weight excluding hydrogens is 951 g/mol. The maximum Gasteiger partial charge on any atom is 0.296 e. The maximum absolute atomic E-state index is 15.4. The second-order valence-electron chi connectivity index (χ2n) is 13.2. The zero-order valence-corrected chi connectivity index (χ0v) is 31.3. The van der Waals surface area contributed by atoms with Crippen LogP contribution in [0.25, 0.3) is 0 Å². The lowest BCUT2D eigenvalue weighted by Gasteiger charge is -2.44. The third-order valence-electron chi connectivity index (χ3n) is 9.62. The van der Waals surface area contributed by atoms with Crippen molar-refractivity contribution in [2.45, 2.75) is 6.54 Å². The lowest BCUT2D eigenvalue weighted by molar-refractivity contribution is -0.685. The molecule has 27 heteroatoms. The van der Waals surface area contributed by atoms with Gasteiger partial charge in [0, 0.05) is 22.6 Å². The minimum Gasteiger partial charge on any atom is -0.287 e. The summed E-state index contributed by atoms with van der Waals surface area (Å²) in [6.07, 6.45) is -5.65. The van der Waals surface area contributed by atoms with Crippen LogP contribution in [0.5, 0.6) is 0 Å². The molecule has 0 saturated carbocycles. The molecule has 6 aromatic rings. The molecule has 0 bridgehead atoms. The average Bonchev–Trinajstić information content (AvgIpc) is 3.29. The van der Waals surface area contributed by atoms with E-state index in [2.05, 4.69) is 0 Å². The number of rotatable bonds is 10. The highest BCUT2D eigenvalue weighted by molar-refractivity contribution is 7.20. The van der Waals surface area contributed by atoms with Crippen molar-refractivity contribution in [2.24, 2.45) is 0 Å². The smallest absolute Gasteiger partial charge is 0.287 e. The Kier molecular flexibility index (Phi) is 14.0. The molecule has 1 heterocycles. The van der Waals surface area contributed by atoms with Crippen molar-refractivity contribution in [2.75, 3.05) is 6.54 Å². The monoisotopic (exact) mass is 964 g/mol. The Balaban J connectivity index is 0.000000324. The van der Waals surface area contributed by atoms with E-state index in [1.807, 2.05) is 0 Å². The van der Waals surface area contributed by atoms with E-state index in [0.29, 0.717) is 5.56 Å². The largest absolute Gasteiger partial charge is 0.296 e. The Morgan fingerprint density at radius 3 is 0.970 bits per heavy atom. The molecule has 0 saturated heterocycles. The minimum atomic E-state index is -7.22. The van der Waals surface area contributed by atoms with Crippen LogP contribution in [0.3, 0.4) is 0 Å². The van der Waals surface area contributed by atoms with Gasteiger partial charge in [0.05, 0.1) is 0 Å². The van der Waals surface area contributed by atoms with Gasteiger partial charge in [0.25, 0.3) is 18.0 Å². The second kappa shape index (κ2) is 18.6. The summed E-state index contributed by atoms with van der Waals surface area (Å²) in [6, 6.07) is 13.4. The van der Waals surface area contributed by atoms with Crippen molar-refractivity contribution >= 4 is 39.6 Å². The molecule has 346 valence electrons. The molecule has 0 aliphatic heterocycles. The van der Waals surface area contributed by atoms with E-state index in [0.717, 1.165) is 0 Å². The number of nitrogens with zero attached hydrogens (tertiary/aromatic N) is 2. The Labute approximate surface area is 352 Å². The number of hydrogen-bond donors (Lipinski definition) is 0. The number of carbonyl (C=O) groups is 2. The summed E-state index contributed by atoms with van der Waals surface area (Å²) in [5, 5.41) is 10.4. The van der Waals surface area contributed by atoms with Gasteiger partial charge in [-0.15, -0.1) is 21.9 Å². The Bertz CT molecular complexity index is 2630. The molecule has 0 N–H and O–H groups in total. The van der Waals surface area contributed by atoms with Crippen molar-refractivity contribution in [1.29, 1.82) is 0 Å². The van der Waals surface area contributed by atoms with E-state index < -0.39 is 162 Å². The van der Waals surface area contributed by atoms with E-state index in [1.165, 1.54) is 10.6 Å². The zero-order valence-electron chi connectivity index (χ0n) is 31.3. The van der Waals surface area contributed by atoms with Gasteiger partial charge in [0.1, 0.15) is 52.7 Å². The van der Waals surface area contributed by atoms with Crippen LogP contribution in [0, 0.1) is 126 Å². The standard InChI is InChI=1S/C24BF20.C15H13N2O4/c26-5-1(6(27)14(35)21(42)13(5)34)25(2-7(28)15(36)22(43)16(37)8(2)29,3-9(30)17(38)23(44)18(39)10(3)31)4-11(32)19(40)24(45)20(41)12(4)33;18-14(12-6-2-1-3-7-12)10-16-9-5-4-8-13(16)15(19)11-17(20)21/h;1-9H,10-11H2/q-1;+1. The number of hydrogen-bond acceptors (Lipinski definition) is 4. The van der Waals surface area contributed by atoms with Gasteiger partial charge >= 0.3 is 0 Å². The van der Waals surface area contributed by atoms with E-state index in [4.69, 9.17) is 0 Å². The van der Waals surface area contributed by atoms with Crippen molar-refractivity contribution in [3.05, 3.63) is 192 Å². The molecule has 1 aromatic heterocycles. The van der Waals surface area contributed by atoms with Crippen molar-refractivity contribution < 1.29 is 107 Å². The number of nitro groups is 1. The van der Waals surface area contributed by atoms with Crippen LogP contribution in [-0.4, -0.2) is 29.2 Å². The number of ketones is 2. The molecular formula is C39H13BF20N2O4. The Morgan fingerprint density at radius 2 is 0.682 bits per heavy atom. The summed E-state index contributed by atoms with van der Waals surface area (Å²) in [5.74, 6) is -72.2. The molecule has 6 rings (SSSR count). The topological polar surface area (TPSA) is 81.2 Å². The van der Waals surface area contributed by atoms with Gasteiger partial charge in [0.15, 0.2) is 76.0 Å². The predicted molar refractivity (Wildman–Crippen MR) is 183 cm³/mol. The molecule has 0 unspecified atom stereocenters. The van der Waals surface area contributed by atoms with Crippen LogP contribution in [0.15, 0.2) is 54.7 Å². The summed E-state index contributed by atoms with van der Waals surface area (Å²) < 4.78 is 295. The summed E-state index contributed by atoms with van der Waals surface area (Å²) in [7, 11) is 0. The molecule has 6 nitrogen and oxygen atoms in total. The number of aromatic nitrogens is 1. The Morgan fingerprint density at radius 1 is 0.409 bits per heavy atom. The van der Waals surface area contributed by atoms with Gasteiger partial charge in [0.2, 0.25) is 12.3 Å². The van der Waals surface area contributed by atoms with Crippen LogP contribution in [0.4, 0.5) is 87.8 Å². The molecule has 0 fully saturated rings. The fourth-order valence-corrected chi connectivity index (χ4v) is 6.81. The third kappa shape index (κ3) is 8.05. The molecule has 5 aromatic carbocycles. The van der Waals surface area contributed by atoms with Crippen LogP contribution >= 0.6 is 0 Å². The highest BCUT2D eigenvalue weighted by Crippen LogP contribution is 2.30. The van der Waals surface area contributed by atoms with Crippen LogP contribution in [0.2, 0.25) is 0 Å². The van der Waals surface area contributed by atoms with Gasteiger partial charge in [-0.3, -0.25) is 19.7 Å². The van der Waals surface area contributed by atoms with Crippen LogP contribution in [0.1, 0.15) is 20.8 Å². The number of halogens is 20. The zero-order chi connectivity index (χ0) is 49.6. The van der Waals surface area contributed by atoms with E-state index in [-0.39, 0.29) is 18.0 Å². The van der Waals surface area contributed by atoms with Gasteiger partial charge < -0.3 is 0 Å². The SMILES string of the molecule is Fc1c(F)c(F)c([B-](c2c(F)c(F)c(F)c(F)c2F)(c2c(F)c(F)c(F)c(F)c2F)c2c(F)c(F)c(F)c(F)c2F)c(F)c1F.O=C(C[n+]1ccccc1C(=O)C[N+](=O)[O-])c1ccccc1. The minimum absolute atomic E-state index is 0.0381. The molecule has 0 spiro atoms. The predicted octanol–water partition coefficient (Wildman–Crippen LogP) is 7.16. The number of Topliss-reactive ketones (excluding diaryl/α,β-unsaturated/α-hetero) is 2. The van der Waals surface area contributed by atoms with Crippen LogP contribution in [-0.2, 0) is 6.54 Å². The van der Waals surface area contributed by atoms with Gasteiger partial charge in [-0.25, -0.2) is 87.8 Å². The number of carbonyl (C=O) groups excluding carboxylic acids is 2. The fourth-order valence-electron chi connectivity index (χ4n) is 6.81. The highest BCUT2D eigenvalue weighted by atomic mass is 19.2. The van der Waals surface area contributed by atoms with Crippen molar-refractivity contribution in [3.8, 4) is 0 Å². The van der Waals surface area contributed by atoms with Crippen molar-refractivity contribution in [1.82, 2.24) is 0 Å². The average molecular weight is 964 g/mol. The first-order chi connectivity index (χ1) is 30.8. The summed E-state index contributed by atoms with van der Waals surface area (Å²) in [5.41, 5.74) is -13.6. The van der Waals surface area contributed by atoms with Gasteiger partial charge in [-0.05, 0) is 6.07 Å². The first kappa shape index (κ1) is 49.7. The number of benzene rings is 5. The van der Waals surface area contributed by atoms with E-state index >= 15 is 35.1 Å². The van der Waals surface area contributed by atoms with Gasteiger partial charge in [-0.1, -0.05) is 30.3 Å². The Hall–Kier alpha value is -7.35. The summed E-state index contributed by atoms with van der Waals surface area (Å²) >= 11 is 0. The molecule has 0 radical (unpaired) electrons. The lowest BCUT2D eigenvalue weighted by Crippen LogP contribution is -2.81. The highest BCUT2D eigenvalue weighted by Gasteiger charge is 2.52. The number of pyridine rings is 1. The first-order valence-corrected chi connectivity index (χ1v) is 17.2. The van der Waals surface area contributed by atoms with E-state index in [1.54, 1.807) is 48.7 Å². The van der Waals surface area contributed by atoms with Crippen molar-refractivity contribution in [3.63, 3.8) is 0 Å².